The van der Waals surface area contributed by atoms with Crippen LogP contribution in [0.2, 0.25) is 0 Å². The molecular weight excluding hydrogens is 234 g/mol. The van der Waals surface area contributed by atoms with Gasteiger partial charge in [-0.1, -0.05) is 0 Å². The van der Waals surface area contributed by atoms with E-state index < -0.39 is 5.60 Å². The summed E-state index contributed by atoms with van der Waals surface area (Å²) in [4.78, 5) is 24.6. The molecule has 0 N–H and O–H groups in total. The van der Waals surface area contributed by atoms with Crippen LogP contribution >= 0.6 is 0 Å². The summed E-state index contributed by atoms with van der Waals surface area (Å²) in [6.07, 6.45) is 2.77. The highest BCUT2D eigenvalue weighted by molar-refractivity contribution is 5.83. The summed E-state index contributed by atoms with van der Waals surface area (Å²) in [7, 11) is 1.34. The number of methoxy groups -OCH3 is 1. The van der Waals surface area contributed by atoms with Crippen molar-refractivity contribution >= 4 is 12.1 Å². The highest BCUT2D eigenvalue weighted by atomic mass is 16.6. The fourth-order valence-electron chi connectivity index (χ4n) is 1.73. The maximum absolute atomic E-state index is 11.9. The SMILES string of the molecule is COC(=O)C=C1CCCN(C(=O)OC(C)(C)C)C1. The molecule has 0 aromatic heterocycles. The first-order valence-electron chi connectivity index (χ1n) is 6.07. The van der Waals surface area contributed by atoms with Crippen LogP contribution in [0.4, 0.5) is 4.79 Å². The number of likely N-dealkylation sites (tertiary alicyclic amines) is 1. The van der Waals surface area contributed by atoms with Gasteiger partial charge in [0.25, 0.3) is 0 Å². The van der Waals surface area contributed by atoms with Crippen molar-refractivity contribution in [3.05, 3.63) is 11.6 Å². The number of hydrogen-bond donors (Lipinski definition) is 0. The largest absolute Gasteiger partial charge is 0.466 e. The van der Waals surface area contributed by atoms with E-state index in [1.165, 1.54) is 13.2 Å². The zero-order chi connectivity index (χ0) is 13.8. The van der Waals surface area contributed by atoms with Crippen molar-refractivity contribution in [1.82, 2.24) is 4.90 Å². The lowest BCUT2D eigenvalue weighted by atomic mass is 10.1. The van der Waals surface area contributed by atoms with E-state index in [1.54, 1.807) is 4.90 Å². The van der Waals surface area contributed by atoms with E-state index >= 15 is 0 Å². The third kappa shape index (κ3) is 4.77. The van der Waals surface area contributed by atoms with Crippen molar-refractivity contribution in [2.45, 2.75) is 39.2 Å². The number of piperidine rings is 1. The molecule has 5 nitrogen and oxygen atoms in total. The molecule has 18 heavy (non-hydrogen) atoms. The normalized spacial score (nSPS) is 18.7. The van der Waals surface area contributed by atoms with Crippen LogP contribution in [0.3, 0.4) is 0 Å². The molecule has 0 radical (unpaired) electrons. The Morgan fingerprint density at radius 3 is 2.56 bits per heavy atom. The van der Waals surface area contributed by atoms with Gasteiger partial charge in [-0.15, -0.1) is 0 Å². The number of amides is 1. The van der Waals surface area contributed by atoms with Crippen molar-refractivity contribution in [3.8, 4) is 0 Å². The van der Waals surface area contributed by atoms with Crippen molar-refractivity contribution in [1.29, 1.82) is 0 Å². The van der Waals surface area contributed by atoms with Gasteiger partial charge in [-0.25, -0.2) is 9.59 Å². The number of hydrogen-bond acceptors (Lipinski definition) is 4. The minimum absolute atomic E-state index is 0.335. The molecule has 1 heterocycles. The fourth-order valence-corrected chi connectivity index (χ4v) is 1.73. The van der Waals surface area contributed by atoms with E-state index in [4.69, 9.17) is 4.74 Å². The molecule has 0 aromatic rings. The van der Waals surface area contributed by atoms with E-state index in [0.29, 0.717) is 13.1 Å². The monoisotopic (exact) mass is 255 g/mol. The summed E-state index contributed by atoms with van der Waals surface area (Å²) in [5.74, 6) is -0.379. The summed E-state index contributed by atoms with van der Waals surface area (Å²) >= 11 is 0. The van der Waals surface area contributed by atoms with E-state index in [-0.39, 0.29) is 12.1 Å². The zero-order valence-electron chi connectivity index (χ0n) is 11.5. The molecule has 1 amide bonds. The van der Waals surface area contributed by atoms with Crippen LogP contribution in [-0.4, -0.2) is 42.8 Å². The van der Waals surface area contributed by atoms with E-state index in [2.05, 4.69) is 4.74 Å². The number of rotatable bonds is 1. The molecule has 1 saturated heterocycles. The van der Waals surface area contributed by atoms with Crippen molar-refractivity contribution < 1.29 is 19.1 Å². The first-order valence-corrected chi connectivity index (χ1v) is 6.07. The average Bonchev–Trinajstić information content (AvgIpc) is 2.27. The standard InChI is InChI=1S/C13H21NO4/c1-13(2,3)18-12(16)14-7-5-6-10(9-14)8-11(15)17-4/h8H,5-7,9H2,1-4H3. The van der Waals surface area contributed by atoms with Crippen molar-refractivity contribution in [2.24, 2.45) is 0 Å². The van der Waals surface area contributed by atoms with Gasteiger partial charge in [-0.05, 0) is 39.2 Å². The van der Waals surface area contributed by atoms with E-state index in [9.17, 15) is 9.59 Å². The summed E-state index contributed by atoms with van der Waals surface area (Å²) in [6, 6.07) is 0. The van der Waals surface area contributed by atoms with Gasteiger partial charge in [-0.3, -0.25) is 0 Å². The van der Waals surface area contributed by atoms with Gasteiger partial charge in [-0.2, -0.15) is 0 Å². The van der Waals surface area contributed by atoms with E-state index in [0.717, 1.165) is 18.4 Å². The van der Waals surface area contributed by atoms with Crippen LogP contribution in [0.1, 0.15) is 33.6 Å². The molecule has 0 spiro atoms. The lowest BCUT2D eigenvalue weighted by Crippen LogP contribution is -2.40. The molecule has 0 aromatic carbocycles. The number of esters is 1. The molecule has 1 aliphatic rings. The molecule has 1 fully saturated rings. The van der Waals surface area contributed by atoms with Gasteiger partial charge in [0.1, 0.15) is 5.60 Å². The lowest BCUT2D eigenvalue weighted by Gasteiger charge is -2.31. The zero-order valence-corrected chi connectivity index (χ0v) is 11.5. The van der Waals surface area contributed by atoms with Crippen LogP contribution in [0.15, 0.2) is 11.6 Å². The maximum Gasteiger partial charge on any atom is 0.410 e. The highest BCUT2D eigenvalue weighted by Crippen LogP contribution is 2.18. The molecule has 5 heteroatoms. The lowest BCUT2D eigenvalue weighted by molar-refractivity contribution is -0.134. The fraction of sp³-hybridized carbons (Fsp3) is 0.692. The topological polar surface area (TPSA) is 55.8 Å². The predicted molar refractivity (Wildman–Crippen MR) is 67.1 cm³/mol. The maximum atomic E-state index is 11.9. The average molecular weight is 255 g/mol. The first-order chi connectivity index (χ1) is 8.31. The molecule has 0 saturated carbocycles. The van der Waals surface area contributed by atoms with Crippen LogP contribution in [0.25, 0.3) is 0 Å². The second-order valence-corrected chi connectivity index (χ2v) is 5.33. The summed E-state index contributed by atoms with van der Waals surface area (Å²) in [5.41, 5.74) is 0.403. The van der Waals surface area contributed by atoms with Crippen LogP contribution < -0.4 is 0 Å². The van der Waals surface area contributed by atoms with Gasteiger partial charge in [0, 0.05) is 19.2 Å². The second-order valence-electron chi connectivity index (χ2n) is 5.33. The van der Waals surface area contributed by atoms with Gasteiger partial charge in [0.15, 0.2) is 0 Å². The Hall–Kier alpha value is -1.52. The third-order valence-corrected chi connectivity index (χ3v) is 2.49. The summed E-state index contributed by atoms with van der Waals surface area (Å²) in [6.45, 7) is 6.59. The smallest absolute Gasteiger partial charge is 0.410 e. The number of nitrogens with zero attached hydrogens (tertiary/aromatic N) is 1. The quantitative estimate of drug-likeness (QED) is 0.532. The molecule has 102 valence electrons. The first kappa shape index (κ1) is 14.5. The van der Waals surface area contributed by atoms with Crippen molar-refractivity contribution in [3.63, 3.8) is 0 Å². The Bertz CT molecular complexity index is 354. The second kappa shape index (κ2) is 5.89. The molecular formula is C13H21NO4. The minimum atomic E-state index is -0.499. The Balaban J connectivity index is 2.61. The van der Waals surface area contributed by atoms with Gasteiger partial charge >= 0.3 is 12.1 Å². The molecule has 0 unspecified atom stereocenters. The molecule has 1 rings (SSSR count). The van der Waals surface area contributed by atoms with Crippen molar-refractivity contribution in [2.75, 3.05) is 20.2 Å². The van der Waals surface area contributed by atoms with Crippen LogP contribution in [0, 0.1) is 0 Å². The number of ether oxygens (including phenoxy) is 2. The predicted octanol–water partition coefficient (Wildman–Crippen LogP) is 2.12. The van der Waals surface area contributed by atoms with Gasteiger partial charge in [0.2, 0.25) is 0 Å². The minimum Gasteiger partial charge on any atom is -0.466 e. The Morgan fingerprint density at radius 1 is 1.33 bits per heavy atom. The van der Waals surface area contributed by atoms with Crippen LogP contribution in [-0.2, 0) is 14.3 Å². The molecule has 0 aliphatic carbocycles. The Labute approximate surface area is 108 Å². The highest BCUT2D eigenvalue weighted by Gasteiger charge is 2.25. The summed E-state index contributed by atoms with van der Waals surface area (Å²) < 4.78 is 9.88. The number of carbonyl (C=O) groups excluding carboxylic acids is 2. The Morgan fingerprint density at radius 2 is 2.00 bits per heavy atom. The molecule has 0 atom stereocenters. The van der Waals surface area contributed by atoms with E-state index in [1.807, 2.05) is 20.8 Å². The molecule has 0 bridgehead atoms. The van der Waals surface area contributed by atoms with Crippen LogP contribution in [0.5, 0.6) is 0 Å². The van der Waals surface area contributed by atoms with Gasteiger partial charge < -0.3 is 14.4 Å². The molecule has 1 aliphatic heterocycles. The van der Waals surface area contributed by atoms with Gasteiger partial charge in [0.05, 0.1) is 7.11 Å². The number of carbonyl (C=O) groups is 2. The third-order valence-electron chi connectivity index (χ3n) is 2.49. The summed E-state index contributed by atoms with van der Waals surface area (Å²) in [5, 5.41) is 0. The Kier molecular flexibility index (Phi) is 4.76.